The van der Waals surface area contributed by atoms with Gasteiger partial charge < -0.3 is 10.1 Å². The van der Waals surface area contributed by atoms with E-state index in [4.69, 9.17) is 4.74 Å². The smallest absolute Gasteiger partial charge is 0.0697 e. The minimum absolute atomic E-state index is 0.259. The van der Waals surface area contributed by atoms with E-state index in [0.717, 1.165) is 6.61 Å². The van der Waals surface area contributed by atoms with Crippen molar-refractivity contribution in [2.45, 2.75) is 82.8 Å². The highest BCUT2D eigenvalue weighted by Gasteiger charge is 2.39. The molecule has 104 valence electrons. The molecule has 2 saturated carbocycles. The largest absolute Gasteiger partial charge is 0.375 e. The van der Waals surface area contributed by atoms with Gasteiger partial charge in [0.2, 0.25) is 0 Å². The molecule has 1 unspecified atom stereocenters. The normalized spacial score (nSPS) is 34.2. The first-order chi connectivity index (χ1) is 8.70. The molecule has 1 N–H and O–H groups in total. The first-order valence-electron chi connectivity index (χ1n) is 8.07. The monoisotopic (exact) mass is 251 g/mol. The lowest BCUT2D eigenvalue weighted by Gasteiger charge is -2.45. The topological polar surface area (TPSA) is 21.3 Å². The van der Waals surface area contributed by atoms with E-state index in [1.807, 2.05) is 0 Å². The lowest BCUT2D eigenvalue weighted by molar-refractivity contribution is -0.110. The van der Waals surface area contributed by atoms with Crippen molar-refractivity contribution in [2.24, 2.45) is 5.41 Å². The summed E-state index contributed by atoms with van der Waals surface area (Å²) in [5, 5.41) is 3.86. The number of hydrogen-bond donors (Lipinski definition) is 1. The molecule has 18 heavy (non-hydrogen) atoms. The molecule has 1 saturated heterocycles. The Hall–Kier alpha value is -0.0800. The molecule has 0 aromatic heterocycles. The molecule has 1 spiro atoms. The number of rotatable bonds is 3. The Morgan fingerprint density at radius 3 is 2.50 bits per heavy atom. The summed E-state index contributed by atoms with van der Waals surface area (Å²) < 4.78 is 6.17. The van der Waals surface area contributed by atoms with Crippen molar-refractivity contribution in [2.75, 3.05) is 13.2 Å². The average Bonchev–Trinajstić information content (AvgIpc) is 2.35. The van der Waals surface area contributed by atoms with Crippen LogP contribution in [-0.2, 0) is 4.74 Å². The second kappa shape index (κ2) is 5.13. The van der Waals surface area contributed by atoms with Crippen molar-refractivity contribution in [3.05, 3.63) is 0 Å². The van der Waals surface area contributed by atoms with Gasteiger partial charge in [-0.3, -0.25) is 0 Å². The second-order valence-corrected chi connectivity index (χ2v) is 7.33. The van der Waals surface area contributed by atoms with Crippen molar-refractivity contribution >= 4 is 0 Å². The standard InChI is InChI=1S/C16H29NO/c1-15(7-5-8-15)13-17-14-6-11-18-16(12-14)9-3-2-4-10-16/h14,17H,2-13H2,1H3. The van der Waals surface area contributed by atoms with Crippen molar-refractivity contribution in [1.29, 1.82) is 0 Å². The Kier molecular flexibility index (Phi) is 3.68. The molecule has 0 radical (unpaired) electrons. The quantitative estimate of drug-likeness (QED) is 0.826. The van der Waals surface area contributed by atoms with Gasteiger partial charge in [-0.25, -0.2) is 0 Å². The van der Waals surface area contributed by atoms with E-state index in [1.54, 1.807) is 0 Å². The van der Waals surface area contributed by atoms with Gasteiger partial charge in [-0.05, 0) is 43.9 Å². The van der Waals surface area contributed by atoms with Gasteiger partial charge in [-0.2, -0.15) is 0 Å². The van der Waals surface area contributed by atoms with Crippen LogP contribution in [0.2, 0.25) is 0 Å². The molecule has 3 aliphatic rings. The molecule has 3 fully saturated rings. The SMILES string of the molecule is CC1(CNC2CCOC3(CCCCC3)C2)CCC1. The molecule has 0 aromatic rings. The zero-order valence-corrected chi connectivity index (χ0v) is 12.0. The number of hydrogen-bond acceptors (Lipinski definition) is 2. The summed E-state index contributed by atoms with van der Waals surface area (Å²) in [6.07, 6.45) is 13.6. The van der Waals surface area contributed by atoms with Gasteiger partial charge in [0.15, 0.2) is 0 Å². The summed E-state index contributed by atoms with van der Waals surface area (Å²) in [6.45, 7) is 4.65. The molecular formula is C16H29NO. The van der Waals surface area contributed by atoms with E-state index < -0.39 is 0 Å². The van der Waals surface area contributed by atoms with Gasteiger partial charge in [-0.15, -0.1) is 0 Å². The number of ether oxygens (including phenoxy) is 1. The van der Waals surface area contributed by atoms with Gasteiger partial charge in [0.25, 0.3) is 0 Å². The third-order valence-electron chi connectivity index (χ3n) is 5.64. The van der Waals surface area contributed by atoms with Crippen LogP contribution in [0.25, 0.3) is 0 Å². The summed E-state index contributed by atoms with van der Waals surface area (Å²) in [7, 11) is 0. The Morgan fingerprint density at radius 2 is 1.83 bits per heavy atom. The maximum Gasteiger partial charge on any atom is 0.0697 e. The van der Waals surface area contributed by atoms with Crippen molar-refractivity contribution in [3.8, 4) is 0 Å². The van der Waals surface area contributed by atoms with Gasteiger partial charge in [-0.1, -0.05) is 32.6 Å². The lowest BCUT2D eigenvalue weighted by atomic mass is 9.70. The van der Waals surface area contributed by atoms with Crippen LogP contribution in [0.15, 0.2) is 0 Å². The maximum absolute atomic E-state index is 6.17. The summed E-state index contributed by atoms with van der Waals surface area (Å²) in [5.74, 6) is 0. The highest BCUT2D eigenvalue weighted by molar-refractivity contribution is 4.93. The van der Waals surface area contributed by atoms with Crippen molar-refractivity contribution in [1.82, 2.24) is 5.32 Å². The second-order valence-electron chi connectivity index (χ2n) is 7.33. The van der Waals surface area contributed by atoms with Crippen molar-refractivity contribution < 1.29 is 4.74 Å². The Labute approximate surface area is 112 Å². The molecule has 2 aliphatic carbocycles. The molecule has 1 atom stereocenters. The van der Waals surface area contributed by atoms with E-state index in [9.17, 15) is 0 Å². The Morgan fingerprint density at radius 1 is 1.06 bits per heavy atom. The van der Waals surface area contributed by atoms with Crippen molar-refractivity contribution in [3.63, 3.8) is 0 Å². The van der Waals surface area contributed by atoms with Crippen LogP contribution in [-0.4, -0.2) is 24.8 Å². The molecule has 2 heteroatoms. The first-order valence-corrected chi connectivity index (χ1v) is 8.07. The molecular weight excluding hydrogens is 222 g/mol. The van der Waals surface area contributed by atoms with Crippen LogP contribution in [0.4, 0.5) is 0 Å². The highest BCUT2D eigenvalue weighted by atomic mass is 16.5. The minimum Gasteiger partial charge on any atom is -0.375 e. The maximum atomic E-state index is 6.17. The molecule has 1 heterocycles. The van der Waals surface area contributed by atoms with E-state index >= 15 is 0 Å². The fourth-order valence-electron chi connectivity index (χ4n) is 4.09. The summed E-state index contributed by atoms with van der Waals surface area (Å²) in [6, 6.07) is 0.717. The molecule has 3 rings (SSSR count). The van der Waals surface area contributed by atoms with E-state index in [0.29, 0.717) is 11.5 Å². The van der Waals surface area contributed by atoms with Crippen LogP contribution >= 0.6 is 0 Å². The summed E-state index contributed by atoms with van der Waals surface area (Å²) in [5.41, 5.74) is 0.868. The fourth-order valence-corrected chi connectivity index (χ4v) is 4.09. The molecule has 0 aromatic carbocycles. The lowest BCUT2D eigenvalue weighted by Crippen LogP contribution is -2.50. The predicted molar refractivity (Wildman–Crippen MR) is 74.8 cm³/mol. The third-order valence-corrected chi connectivity index (χ3v) is 5.64. The zero-order chi connectivity index (χ0) is 12.5. The highest BCUT2D eigenvalue weighted by Crippen LogP contribution is 2.41. The van der Waals surface area contributed by atoms with Gasteiger partial charge >= 0.3 is 0 Å². The average molecular weight is 251 g/mol. The Bertz CT molecular complexity index is 273. The van der Waals surface area contributed by atoms with E-state index in [1.165, 1.54) is 70.8 Å². The minimum atomic E-state index is 0.259. The first kappa shape index (κ1) is 12.9. The molecule has 1 aliphatic heterocycles. The van der Waals surface area contributed by atoms with Crippen LogP contribution < -0.4 is 5.32 Å². The molecule has 0 bridgehead atoms. The van der Waals surface area contributed by atoms with E-state index in [-0.39, 0.29) is 5.60 Å². The van der Waals surface area contributed by atoms with Gasteiger partial charge in [0.1, 0.15) is 0 Å². The summed E-state index contributed by atoms with van der Waals surface area (Å²) in [4.78, 5) is 0. The third kappa shape index (κ3) is 2.75. The van der Waals surface area contributed by atoms with Crippen LogP contribution in [0.3, 0.4) is 0 Å². The van der Waals surface area contributed by atoms with Crippen LogP contribution in [0.5, 0.6) is 0 Å². The van der Waals surface area contributed by atoms with Crippen LogP contribution in [0, 0.1) is 5.41 Å². The zero-order valence-electron chi connectivity index (χ0n) is 12.0. The number of nitrogens with one attached hydrogen (secondary N) is 1. The molecule has 0 amide bonds. The predicted octanol–water partition coefficient (Wildman–Crippen LogP) is 3.65. The van der Waals surface area contributed by atoms with E-state index in [2.05, 4.69) is 12.2 Å². The van der Waals surface area contributed by atoms with Gasteiger partial charge in [0, 0.05) is 19.2 Å². The van der Waals surface area contributed by atoms with Gasteiger partial charge in [0.05, 0.1) is 5.60 Å². The Balaban J connectivity index is 1.50. The van der Waals surface area contributed by atoms with Crippen LogP contribution in [0.1, 0.15) is 71.1 Å². The molecule has 2 nitrogen and oxygen atoms in total. The summed E-state index contributed by atoms with van der Waals surface area (Å²) >= 11 is 0. The fraction of sp³-hybridized carbons (Fsp3) is 1.00.